The van der Waals surface area contributed by atoms with Crippen molar-refractivity contribution in [2.75, 3.05) is 60.2 Å². The van der Waals surface area contributed by atoms with Crippen LogP contribution in [0.25, 0.3) is 21.1 Å². The molecule has 102 heavy (non-hydrogen) atoms. The number of rotatable bonds is 26. The number of nitrogens with zero attached hydrogens (tertiary/aromatic N) is 5. The highest BCUT2D eigenvalue weighted by molar-refractivity contribution is 7.90. The summed E-state index contributed by atoms with van der Waals surface area (Å²) < 4.78 is 25.7. The van der Waals surface area contributed by atoms with E-state index in [2.05, 4.69) is 46.2 Å². The predicted octanol–water partition coefficient (Wildman–Crippen LogP) is 1.45. The topological polar surface area (TPSA) is 449 Å². The van der Waals surface area contributed by atoms with E-state index in [1.807, 2.05) is 24.3 Å². The molecule has 4 aliphatic rings. The molecule has 3 aromatic carbocycles. The first kappa shape index (κ1) is 80.0. The van der Waals surface area contributed by atoms with Gasteiger partial charge in [-0.15, -0.1) is 10.2 Å². The van der Waals surface area contributed by atoms with Crippen LogP contribution in [-0.2, 0) is 58.8 Å². The summed E-state index contributed by atoms with van der Waals surface area (Å²) in [5, 5.41) is 116. The van der Waals surface area contributed by atoms with Gasteiger partial charge in [-0.05, 0) is 99.7 Å². The van der Waals surface area contributed by atoms with E-state index >= 15 is 9.59 Å². The molecular weight excluding hydrogens is 1370 g/mol. The summed E-state index contributed by atoms with van der Waals surface area (Å²) in [4.78, 5) is 121. The standard InChI is InChI=1S/C68H94N10O22S2/c1-38-36-78-57(58(38)85)63(90)69-35-44(80)33-47(70-59(86)41-17-19-42(20-18-41)64-74-75-65(101-64)43-21-23-46(24-22-43)97-30-14-10-6-9-13-29-95-3)60(87)71-54(39(2)79)66(91)77-37-45(81)34-49(77)61(88)72-55(52(84)31-40-16-25-50(82)53(32-40)98-102-100-99-94)62(89)73-56(67(78)92)51(83)26-28-76-27-12-8-5-7-11-15-48(76)68(93)96-4/h16-25,32,38-39,44-45,47-49,51-52,54-58,79-85,94H,5-15,26-31,33-37H2,1-4H3,(H,69,90)(H,70,86)(H,71,87)(H,72,88)(H,73,89)/t38-,39-,44+,45-,47+,48?,49+,51-,52-,54+,55+,56+,57+,58+/m1/s1. The minimum Gasteiger partial charge on any atom is -0.504 e. The minimum absolute atomic E-state index is 0.0130. The summed E-state index contributed by atoms with van der Waals surface area (Å²) >= 11 is 1.37. The molecule has 0 spiro atoms. The van der Waals surface area contributed by atoms with Gasteiger partial charge in [0.1, 0.15) is 58.1 Å². The number of hydrogen-bond acceptors (Lipinski definition) is 27. The lowest BCUT2D eigenvalue weighted by Gasteiger charge is -2.35. The van der Waals surface area contributed by atoms with Crippen molar-refractivity contribution < 1.29 is 107 Å². The van der Waals surface area contributed by atoms with E-state index in [1.54, 1.807) is 24.1 Å². The smallest absolute Gasteiger partial charge is 0.323 e. The van der Waals surface area contributed by atoms with E-state index in [0.29, 0.717) is 53.7 Å². The number of carbonyl (C=O) groups is 8. The van der Waals surface area contributed by atoms with Gasteiger partial charge in [0.25, 0.3) is 18.2 Å². The zero-order valence-electron chi connectivity index (χ0n) is 57.3. The van der Waals surface area contributed by atoms with Crippen LogP contribution in [0.3, 0.4) is 0 Å². The van der Waals surface area contributed by atoms with Crippen molar-refractivity contribution >= 4 is 71.0 Å². The number of β-amino-alcohol motifs (C(OH)–C–C–N with tert-alkyl or cyclic N) is 1. The quantitative estimate of drug-likeness (QED) is 0.0139. The molecule has 4 fully saturated rings. The maximum absolute atomic E-state index is 15.4. The summed E-state index contributed by atoms with van der Waals surface area (Å²) in [5.74, 6) is -9.30. The number of ether oxygens (including phenoxy) is 3. The molecule has 5 heterocycles. The van der Waals surface area contributed by atoms with E-state index in [1.165, 1.54) is 49.6 Å². The van der Waals surface area contributed by atoms with Crippen LogP contribution in [0.5, 0.6) is 17.2 Å². The second kappa shape index (κ2) is 39.2. The van der Waals surface area contributed by atoms with Gasteiger partial charge in [0, 0.05) is 81.8 Å². The molecule has 34 heteroatoms. The number of methoxy groups -OCH3 is 2. The first-order valence-electron chi connectivity index (χ1n) is 34.3. The van der Waals surface area contributed by atoms with E-state index in [9.17, 15) is 64.5 Å². The van der Waals surface area contributed by atoms with Crippen LogP contribution in [-0.4, -0.2) is 252 Å². The SMILES string of the molecule is COCCCCCCCOc1ccc(-c2nnc(-c3ccc(C(=O)N[C@H]4C[C@H](O)CNC(=O)[C@@H]5[C@@H](O)[C@H](C)CN5C(=O)[C@H]([C@H](O)CCN5CCCCCCCC5C(=O)OC)NC(=O)[C@H]([C@H](O)Cc5ccc(O)c(OSOOO)c5)NC(=O)[C@@H]5C[C@@H](O)CN5C(=O)[C@H]([C@@H](C)O)NC4=O)cc3)s2)cc1. The molecule has 14 atom stereocenters. The zero-order chi connectivity index (χ0) is 73.6. The summed E-state index contributed by atoms with van der Waals surface area (Å²) in [7, 11) is 2.95. The Morgan fingerprint density at radius 3 is 2.06 bits per heavy atom. The van der Waals surface area contributed by atoms with E-state index in [0.717, 1.165) is 86.3 Å². The minimum atomic E-state index is -2.16. The monoisotopic (exact) mass is 1470 g/mol. The number of benzene rings is 3. The highest BCUT2D eigenvalue weighted by Crippen LogP contribution is 2.34. The van der Waals surface area contributed by atoms with Crippen molar-refractivity contribution in [2.24, 2.45) is 5.92 Å². The Bertz CT molecular complexity index is 3430. The molecule has 0 bridgehead atoms. The Morgan fingerprint density at radius 2 is 1.37 bits per heavy atom. The molecule has 0 radical (unpaired) electrons. The maximum atomic E-state index is 15.4. The molecule has 0 saturated carbocycles. The number of esters is 1. The van der Waals surface area contributed by atoms with Gasteiger partial charge in [-0.2, -0.15) is 0 Å². The van der Waals surface area contributed by atoms with Crippen LogP contribution in [0.2, 0.25) is 0 Å². The molecular formula is C68H94N10O22S2. The molecule has 4 aromatic rings. The highest BCUT2D eigenvalue weighted by atomic mass is 32.2. The Labute approximate surface area is 598 Å². The Hall–Kier alpha value is -7.71. The fourth-order valence-corrected chi connectivity index (χ4v) is 14.1. The van der Waals surface area contributed by atoms with Crippen LogP contribution in [0.4, 0.5) is 0 Å². The number of amides is 7. The van der Waals surface area contributed by atoms with Gasteiger partial charge < -0.3 is 90.5 Å². The molecule has 32 nitrogen and oxygen atoms in total. The summed E-state index contributed by atoms with van der Waals surface area (Å²) in [5.41, 5.74) is 1.51. The van der Waals surface area contributed by atoms with Gasteiger partial charge in [0.15, 0.2) is 11.5 Å². The molecule has 560 valence electrons. The number of aliphatic hydroxyl groups is 6. The van der Waals surface area contributed by atoms with E-state index in [-0.39, 0.29) is 48.7 Å². The summed E-state index contributed by atoms with van der Waals surface area (Å²) in [6.07, 6.45) is -2.99. The third-order valence-electron chi connectivity index (χ3n) is 18.6. The zero-order valence-corrected chi connectivity index (χ0v) is 59.0. The molecule has 1 aromatic heterocycles. The van der Waals surface area contributed by atoms with Gasteiger partial charge in [0.05, 0.1) is 50.3 Å². The second-order valence-corrected chi connectivity index (χ2v) is 27.6. The van der Waals surface area contributed by atoms with Crippen molar-refractivity contribution in [3.8, 4) is 38.4 Å². The van der Waals surface area contributed by atoms with Crippen LogP contribution in [0.1, 0.15) is 120 Å². The number of carbonyl (C=O) groups excluding carboxylic acids is 8. The Morgan fingerprint density at radius 1 is 0.725 bits per heavy atom. The van der Waals surface area contributed by atoms with E-state index < -0.39 is 170 Å². The van der Waals surface area contributed by atoms with Crippen molar-refractivity contribution in [3.05, 3.63) is 77.9 Å². The number of hydrogen-bond donors (Lipinski definition) is 13. The maximum Gasteiger partial charge on any atom is 0.323 e. The first-order valence-corrected chi connectivity index (χ1v) is 35.8. The average molecular weight is 1470 g/mol. The Balaban J connectivity index is 1.08. The lowest BCUT2D eigenvalue weighted by Crippen LogP contribution is -2.64. The molecule has 8 rings (SSSR count). The molecule has 4 saturated heterocycles. The largest absolute Gasteiger partial charge is 0.504 e. The predicted molar refractivity (Wildman–Crippen MR) is 367 cm³/mol. The number of aliphatic hydroxyl groups excluding tert-OH is 6. The van der Waals surface area contributed by atoms with Crippen molar-refractivity contribution in [3.63, 3.8) is 0 Å². The molecule has 7 amide bonds. The second-order valence-electron chi connectivity index (χ2n) is 26.1. The van der Waals surface area contributed by atoms with Crippen LogP contribution in [0, 0.1) is 5.92 Å². The number of phenolic OH excluding ortho intramolecular Hbond substituents is 1. The van der Waals surface area contributed by atoms with Crippen molar-refractivity contribution in [2.45, 2.75) is 189 Å². The van der Waals surface area contributed by atoms with Crippen molar-refractivity contribution in [1.29, 1.82) is 0 Å². The molecule has 0 aliphatic carbocycles. The van der Waals surface area contributed by atoms with E-state index in [4.69, 9.17) is 23.7 Å². The highest BCUT2D eigenvalue weighted by Gasteiger charge is 2.50. The van der Waals surface area contributed by atoms with Crippen LogP contribution in [0.15, 0.2) is 66.7 Å². The number of aromatic nitrogens is 2. The summed E-state index contributed by atoms with van der Waals surface area (Å²) in [6.45, 7) is 2.71. The molecule has 1 unspecified atom stereocenters. The fraction of sp³-hybridized carbons (Fsp3) is 0.588. The van der Waals surface area contributed by atoms with Crippen molar-refractivity contribution in [1.82, 2.24) is 51.5 Å². The number of phenols is 1. The van der Waals surface area contributed by atoms with Gasteiger partial charge in [0.2, 0.25) is 35.4 Å². The third kappa shape index (κ3) is 21.9. The number of aromatic hydroxyl groups is 1. The van der Waals surface area contributed by atoms with Gasteiger partial charge in [-0.1, -0.05) is 90.8 Å². The average Bonchev–Trinajstić information content (AvgIpc) is 1.63. The van der Waals surface area contributed by atoms with Crippen LogP contribution >= 0.6 is 23.7 Å². The Kier molecular flexibility index (Phi) is 30.8. The lowest BCUT2D eigenvalue weighted by molar-refractivity contribution is -0.433. The molecule has 4 aliphatic heterocycles. The fourth-order valence-electron chi connectivity index (χ4n) is 13.0. The van der Waals surface area contributed by atoms with Gasteiger partial charge >= 0.3 is 5.97 Å². The normalized spacial score (nSPS) is 25.5. The summed E-state index contributed by atoms with van der Waals surface area (Å²) in [6, 6.07) is 5.04. The first-order chi connectivity index (χ1) is 49.0. The van der Waals surface area contributed by atoms with Crippen LogP contribution < -0.4 is 35.5 Å². The van der Waals surface area contributed by atoms with Gasteiger partial charge in [-0.25, -0.2) is 5.26 Å². The number of unbranched alkanes of at least 4 members (excludes halogenated alkanes) is 4. The number of nitrogens with one attached hydrogen (secondary N) is 5. The number of fused-ring (bicyclic) bond motifs is 2. The lowest BCUT2D eigenvalue weighted by atomic mass is 9.98. The third-order valence-corrected chi connectivity index (χ3v) is 20.0. The molecule has 13 N–H and O–H groups in total. The van der Waals surface area contributed by atoms with Gasteiger partial charge in [-0.3, -0.25) is 43.3 Å².